The molecular weight excluding hydrogens is 262 g/mol. The van der Waals surface area contributed by atoms with Crippen LogP contribution >= 0.6 is 0 Å². The van der Waals surface area contributed by atoms with Gasteiger partial charge in [-0.1, -0.05) is 0 Å². The van der Waals surface area contributed by atoms with Crippen LogP contribution in [0, 0.1) is 5.92 Å². The van der Waals surface area contributed by atoms with Crippen LogP contribution in [0.3, 0.4) is 0 Å². The van der Waals surface area contributed by atoms with Gasteiger partial charge in [0.2, 0.25) is 0 Å². The summed E-state index contributed by atoms with van der Waals surface area (Å²) in [6.07, 6.45) is 0.486. The molecule has 1 aromatic rings. The molecule has 1 saturated heterocycles. The number of benzene rings is 1. The Morgan fingerprint density at radius 3 is 2.60 bits per heavy atom. The monoisotopic (exact) mass is 279 g/mol. The highest BCUT2D eigenvalue weighted by atomic mass is 16.5. The summed E-state index contributed by atoms with van der Waals surface area (Å²) in [5.74, 6) is -0.533. The lowest BCUT2D eigenvalue weighted by molar-refractivity contribution is -0.141. The zero-order valence-corrected chi connectivity index (χ0v) is 11.5. The molecule has 2 rings (SSSR count). The van der Waals surface area contributed by atoms with Crippen molar-refractivity contribution < 1.29 is 24.2 Å². The number of carbonyl (C=O) groups is 2. The number of hydrogen-bond donors (Lipinski definition) is 1. The summed E-state index contributed by atoms with van der Waals surface area (Å²) in [5.41, 5.74) is 0.416. The van der Waals surface area contributed by atoms with Gasteiger partial charge in [-0.15, -0.1) is 0 Å². The molecule has 1 unspecified atom stereocenters. The third kappa shape index (κ3) is 2.68. The molecule has 20 heavy (non-hydrogen) atoms. The van der Waals surface area contributed by atoms with E-state index in [9.17, 15) is 9.59 Å². The third-order valence-electron chi connectivity index (χ3n) is 3.46. The molecule has 0 bridgehead atoms. The summed E-state index contributed by atoms with van der Waals surface area (Å²) >= 11 is 0. The van der Waals surface area contributed by atoms with E-state index in [0.29, 0.717) is 30.0 Å². The average molecular weight is 279 g/mol. The molecule has 1 aliphatic rings. The Labute approximate surface area is 116 Å². The number of methoxy groups -OCH3 is 2. The number of likely N-dealkylation sites (tertiary alicyclic amines) is 1. The lowest BCUT2D eigenvalue weighted by Crippen LogP contribution is -2.30. The highest BCUT2D eigenvalue weighted by Crippen LogP contribution is 2.27. The van der Waals surface area contributed by atoms with Gasteiger partial charge in [0.25, 0.3) is 5.91 Å². The summed E-state index contributed by atoms with van der Waals surface area (Å²) in [7, 11) is 3.02. The zero-order chi connectivity index (χ0) is 14.7. The van der Waals surface area contributed by atoms with E-state index in [0.717, 1.165) is 0 Å². The van der Waals surface area contributed by atoms with Crippen molar-refractivity contribution in [2.45, 2.75) is 6.42 Å². The number of carboxylic acid groups (broad SMARTS) is 1. The average Bonchev–Trinajstić information content (AvgIpc) is 2.95. The largest absolute Gasteiger partial charge is 0.497 e. The minimum absolute atomic E-state index is 0.215. The number of aliphatic carboxylic acids is 1. The van der Waals surface area contributed by atoms with E-state index < -0.39 is 11.9 Å². The first-order valence-corrected chi connectivity index (χ1v) is 6.31. The first-order chi connectivity index (χ1) is 9.56. The molecule has 1 aliphatic heterocycles. The number of ether oxygens (including phenoxy) is 2. The third-order valence-corrected chi connectivity index (χ3v) is 3.46. The van der Waals surface area contributed by atoms with Crippen LogP contribution < -0.4 is 9.47 Å². The molecule has 1 aromatic carbocycles. The van der Waals surface area contributed by atoms with Crippen molar-refractivity contribution >= 4 is 11.9 Å². The first kappa shape index (κ1) is 14.2. The fourth-order valence-electron chi connectivity index (χ4n) is 2.29. The number of hydrogen-bond acceptors (Lipinski definition) is 4. The molecular formula is C14H17NO5. The van der Waals surface area contributed by atoms with Crippen molar-refractivity contribution in [3.63, 3.8) is 0 Å². The zero-order valence-electron chi connectivity index (χ0n) is 11.5. The van der Waals surface area contributed by atoms with E-state index in [1.165, 1.54) is 14.2 Å². The normalized spacial score (nSPS) is 17.9. The van der Waals surface area contributed by atoms with E-state index in [2.05, 4.69) is 0 Å². The fourth-order valence-corrected chi connectivity index (χ4v) is 2.29. The maximum Gasteiger partial charge on any atom is 0.308 e. The van der Waals surface area contributed by atoms with Crippen LogP contribution in [0.2, 0.25) is 0 Å². The lowest BCUT2D eigenvalue weighted by atomic mass is 10.1. The molecule has 1 atom stereocenters. The number of carbonyl (C=O) groups excluding carboxylic acids is 1. The van der Waals surface area contributed by atoms with E-state index >= 15 is 0 Å². The van der Waals surface area contributed by atoms with Gasteiger partial charge in [-0.05, 0) is 18.6 Å². The SMILES string of the molecule is COc1ccc(C(=O)N2CCC(C(=O)O)C2)c(OC)c1. The van der Waals surface area contributed by atoms with Gasteiger partial charge in [0.1, 0.15) is 11.5 Å². The summed E-state index contributed by atoms with van der Waals surface area (Å²) in [5, 5.41) is 8.97. The maximum absolute atomic E-state index is 12.4. The molecule has 0 radical (unpaired) electrons. The number of carboxylic acids is 1. The molecule has 1 N–H and O–H groups in total. The molecule has 6 nitrogen and oxygen atoms in total. The predicted octanol–water partition coefficient (Wildman–Crippen LogP) is 1.25. The van der Waals surface area contributed by atoms with Gasteiger partial charge in [-0.3, -0.25) is 9.59 Å². The molecule has 0 saturated carbocycles. The van der Waals surface area contributed by atoms with Crippen LogP contribution in [0.1, 0.15) is 16.8 Å². The van der Waals surface area contributed by atoms with Crippen LogP contribution in [-0.2, 0) is 4.79 Å². The minimum atomic E-state index is -0.859. The summed E-state index contributed by atoms with van der Waals surface area (Å²) in [4.78, 5) is 24.9. The van der Waals surface area contributed by atoms with Crippen molar-refractivity contribution in [1.82, 2.24) is 4.90 Å². The summed E-state index contributed by atoms with van der Waals surface area (Å²) < 4.78 is 10.3. The molecule has 1 amide bonds. The maximum atomic E-state index is 12.4. The number of rotatable bonds is 4. The van der Waals surface area contributed by atoms with E-state index in [1.54, 1.807) is 23.1 Å². The second kappa shape index (κ2) is 5.81. The number of amides is 1. The Hall–Kier alpha value is -2.24. The van der Waals surface area contributed by atoms with E-state index in [4.69, 9.17) is 14.6 Å². The second-order valence-electron chi connectivity index (χ2n) is 4.64. The van der Waals surface area contributed by atoms with Gasteiger partial charge in [0.05, 0.1) is 25.7 Å². The van der Waals surface area contributed by atoms with E-state index in [-0.39, 0.29) is 12.5 Å². The Morgan fingerprint density at radius 1 is 1.30 bits per heavy atom. The molecule has 6 heteroatoms. The molecule has 0 spiro atoms. The van der Waals surface area contributed by atoms with Gasteiger partial charge in [0.15, 0.2) is 0 Å². The Balaban J connectivity index is 2.19. The van der Waals surface area contributed by atoms with Gasteiger partial charge < -0.3 is 19.5 Å². The van der Waals surface area contributed by atoms with Crippen molar-refractivity contribution in [2.75, 3.05) is 27.3 Å². The van der Waals surface area contributed by atoms with Crippen LogP contribution in [-0.4, -0.2) is 49.2 Å². The lowest BCUT2D eigenvalue weighted by Gasteiger charge is -2.18. The van der Waals surface area contributed by atoms with Crippen molar-refractivity contribution in [3.8, 4) is 11.5 Å². The van der Waals surface area contributed by atoms with Gasteiger partial charge in [-0.25, -0.2) is 0 Å². The molecule has 1 heterocycles. The molecule has 0 aromatic heterocycles. The van der Waals surface area contributed by atoms with Gasteiger partial charge in [0, 0.05) is 19.2 Å². The first-order valence-electron chi connectivity index (χ1n) is 6.31. The highest BCUT2D eigenvalue weighted by molar-refractivity contribution is 5.97. The fraction of sp³-hybridized carbons (Fsp3) is 0.429. The Kier molecular flexibility index (Phi) is 4.12. The van der Waals surface area contributed by atoms with Crippen molar-refractivity contribution in [3.05, 3.63) is 23.8 Å². The van der Waals surface area contributed by atoms with Crippen LogP contribution in [0.15, 0.2) is 18.2 Å². The van der Waals surface area contributed by atoms with E-state index in [1.807, 2.05) is 0 Å². The standard InChI is InChI=1S/C14H17NO5/c1-19-10-3-4-11(12(7-10)20-2)13(16)15-6-5-9(8-15)14(17)18/h3-4,7,9H,5-6,8H2,1-2H3,(H,17,18). The van der Waals surface area contributed by atoms with Crippen molar-refractivity contribution in [2.24, 2.45) is 5.92 Å². The van der Waals surface area contributed by atoms with Crippen LogP contribution in [0.5, 0.6) is 11.5 Å². The second-order valence-corrected chi connectivity index (χ2v) is 4.64. The topological polar surface area (TPSA) is 76.1 Å². The summed E-state index contributed by atoms with van der Waals surface area (Å²) in [6.45, 7) is 0.689. The van der Waals surface area contributed by atoms with Crippen LogP contribution in [0.25, 0.3) is 0 Å². The summed E-state index contributed by atoms with van der Waals surface area (Å²) in [6, 6.07) is 4.95. The van der Waals surface area contributed by atoms with Crippen LogP contribution in [0.4, 0.5) is 0 Å². The minimum Gasteiger partial charge on any atom is -0.497 e. The van der Waals surface area contributed by atoms with Gasteiger partial charge >= 0.3 is 5.97 Å². The highest BCUT2D eigenvalue weighted by Gasteiger charge is 2.32. The smallest absolute Gasteiger partial charge is 0.308 e. The van der Waals surface area contributed by atoms with Gasteiger partial charge in [-0.2, -0.15) is 0 Å². The number of nitrogens with zero attached hydrogens (tertiary/aromatic N) is 1. The predicted molar refractivity (Wildman–Crippen MR) is 71.2 cm³/mol. The molecule has 1 fully saturated rings. The Bertz CT molecular complexity index is 528. The quantitative estimate of drug-likeness (QED) is 0.897. The molecule has 0 aliphatic carbocycles. The Morgan fingerprint density at radius 2 is 2.05 bits per heavy atom. The van der Waals surface area contributed by atoms with Crippen molar-refractivity contribution in [1.29, 1.82) is 0 Å². The molecule has 108 valence electrons.